The second-order valence-corrected chi connectivity index (χ2v) is 2.78. The van der Waals surface area contributed by atoms with Crippen molar-refractivity contribution >= 4 is 0 Å². The summed E-state index contributed by atoms with van der Waals surface area (Å²) in [5.74, 6) is 0.140. The summed E-state index contributed by atoms with van der Waals surface area (Å²) in [6.07, 6.45) is -0.573. The van der Waals surface area contributed by atoms with Crippen molar-refractivity contribution in [1.82, 2.24) is 5.32 Å². The van der Waals surface area contributed by atoms with Crippen LogP contribution in [0.25, 0.3) is 0 Å². The molecule has 0 aromatic heterocycles. The highest BCUT2D eigenvalue weighted by molar-refractivity contribution is 4.58. The highest BCUT2D eigenvalue weighted by Crippen LogP contribution is 1.98. The van der Waals surface area contributed by atoms with Gasteiger partial charge in [-0.05, 0) is 12.3 Å². The molecule has 0 saturated carbocycles. The first-order valence-corrected chi connectivity index (χ1v) is 3.70. The quantitative estimate of drug-likeness (QED) is 0.501. The molecule has 0 aliphatic carbocycles. The maximum atomic E-state index is 9.16. The third-order valence-electron chi connectivity index (χ3n) is 1.38. The van der Waals surface area contributed by atoms with Gasteiger partial charge in [0.25, 0.3) is 0 Å². The van der Waals surface area contributed by atoms with Gasteiger partial charge in [-0.3, -0.25) is 5.32 Å². The summed E-state index contributed by atoms with van der Waals surface area (Å²) < 4.78 is 0. The monoisotopic (exact) mass is 147 g/mol. The zero-order valence-electron chi connectivity index (χ0n) is 6.83. The fourth-order valence-electron chi connectivity index (χ4n) is 0.507. The molecule has 2 atom stereocenters. The molecule has 0 bridgehead atoms. The number of hydrogen-bond donors (Lipinski definition) is 3. The molecule has 10 heavy (non-hydrogen) atoms. The lowest BCUT2D eigenvalue weighted by atomic mass is 10.2. The number of hydrogen-bond acceptors (Lipinski definition) is 3. The first-order valence-electron chi connectivity index (χ1n) is 3.70. The van der Waals surface area contributed by atoms with Crippen LogP contribution in [0.15, 0.2) is 0 Å². The van der Waals surface area contributed by atoms with Crippen LogP contribution in [0.5, 0.6) is 0 Å². The normalized spacial score (nSPS) is 17.4. The van der Waals surface area contributed by atoms with Crippen LogP contribution in [0.2, 0.25) is 0 Å². The van der Waals surface area contributed by atoms with E-state index in [1.54, 1.807) is 0 Å². The molecular formula is C7H17NO2. The van der Waals surface area contributed by atoms with Crippen LogP contribution in [0.1, 0.15) is 27.2 Å². The highest BCUT2D eigenvalue weighted by atomic mass is 16.3. The second-order valence-electron chi connectivity index (χ2n) is 2.78. The zero-order chi connectivity index (χ0) is 8.15. The van der Waals surface area contributed by atoms with Crippen molar-refractivity contribution in [3.63, 3.8) is 0 Å². The fraction of sp³-hybridized carbons (Fsp3) is 1.00. The molecule has 0 aromatic rings. The molecule has 3 nitrogen and oxygen atoms in total. The van der Waals surface area contributed by atoms with Crippen molar-refractivity contribution in [1.29, 1.82) is 0 Å². The molecule has 0 aromatic carbocycles. The Morgan fingerprint density at radius 3 is 2.10 bits per heavy atom. The van der Waals surface area contributed by atoms with E-state index in [-0.39, 0.29) is 5.92 Å². The van der Waals surface area contributed by atoms with Crippen molar-refractivity contribution in [3.05, 3.63) is 0 Å². The Labute approximate surface area is 62.1 Å². The molecule has 0 rings (SSSR count). The lowest BCUT2D eigenvalue weighted by Gasteiger charge is -2.19. The molecule has 2 unspecified atom stereocenters. The summed E-state index contributed by atoms with van der Waals surface area (Å²) in [7, 11) is 0. The largest absolute Gasteiger partial charge is 0.379 e. The Morgan fingerprint density at radius 1 is 1.30 bits per heavy atom. The first kappa shape index (κ1) is 9.88. The molecule has 0 aliphatic rings. The van der Waals surface area contributed by atoms with Gasteiger partial charge in [-0.1, -0.05) is 20.8 Å². The molecule has 0 spiro atoms. The Balaban J connectivity index is 3.46. The SMILES string of the molecule is CCC(O)NC(O)C(C)C. The van der Waals surface area contributed by atoms with Crippen molar-refractivity contribution < 1.29 is 10.2 Å². The van der Waals surface area contributed by atoms with Gasteiger partial charge in [-0.2, -0.15) is 0 Å². The Morgan fingerprint density at radius 2 is 1.80 bits per heavy atom. The number of nitrogens with one attached hydrogen (secondary N) is 1. The van der Waals surface area contributed by atoms with Crippen molar-refractivity contribution in [2.45, 2.75) is 39.6 Å². The molecule has 3 heteroatoms. The summed E-state index contributed by atoms with van der Waals surface area (Å²) >= 11 is 0. The van der Waals surface area contributed by atoms with Gasteiger partial charge in [0.15, 0.2) is 0 Å². The molecule has 0 heterocycles. The zero-order valence-corrected chi connectivity index (χ0v) is 6.83. The highest BCUT2D eigenvalue weighted by Gasteiger charge is 2.10. The van der Waals surface area contributed by atoms with Gasteiger partial charge in [-0.15, -0.1) is 0 Å². The molecule has 3 N–H and O–H groups in total. The van der Waals surface area contributed by atoms with E-state index < -0.39 is 12.5 Å². The van der Waals surface area contributed by atoms with Crippen LogP contribution in [0, 0.1) is 5.92 Å². The Hall–Kier alpha value is -0.120. The molecule has 0 fully saturated rings. The van der Waals surface area contributed by atoms with E-state index in [1.165, 1.54) is 0 Å². The van der Waals surface area contributed by atoms with Gasteiger partial charge in [0.1, 0.15) is 12.5 Å². The average molecular weight is 147 g/mol. The van der Waals surface area contributed by atoms with E-state index in [0.29, 0.717) is 6.42 Å². The van der Waals surface area contributed by atoms with Crippen LogP contribution in [-0.2, 0) is 0 Å². The fourth-order valence-corrected chi connectivity index (χ4v) is 0.507. The summed E-state index contributed by atoms with van der Waals surface area (Å²) in [4.78, 5) is 0. The lowest BCUT2D eigenvalue weighted by Crippen LogP contribution is -2.40. The maximum Gasteiger partial charge on any atom is 0.109 e. The predicted molar refractivity (Wildman–Crippen MR) is 40.3 cm³/mol. The van der Waals surface area contributed by atoms with E-state index in [4.69, 9.17) is 10.2 Å². The van der Waals surface area contributed by atoms with E-state index >= 15 is 0 Å². The lowest BCUT2D eigenvalue weighted by molar-refractivity contribution is 0.0157. The third-order valence-corrected chi connectivity index (χ3v) is 1.38. The minimum Gasteiger partial charge on any atom is -0.379 e. The summed E-state index contributed by atoms with van der Waals surface area (Å²) in [5, 5.41) is 20.8. The van der Waals surface area contributed by atoms with E-state index in [0.717, 1.165) is 0 Å². The van der Waals surface area contributed by atoms with Crippen LogP contribution in [0.3, 0.4) is 0 Å². The maximum absolute atomic E-state index is 9.16. The number of aliphatic hydroxyl groups excluding tert-OH is 2. The number of aliphatic hydroxyl groups is 2. The van der Waals surface area contributed by atoms with Crippen LogP contribution in [0.4, 0.5) is 0 Å². The molecule has 0 radical (unpaired) electrons. The summed E-state index contributed by atoms with van der Waals surface area (Å²) in [6, 6.07) is 0. The van der Waals surface area contributed by atoms with E-state index in [2.05, 4.69) is 5.32 Å². The topological polar surface area (TPSA) is 52.5 Å². The van der Waals surface area contributed by atoms with Crippen LogP contribution >= 0.6 is 0 Å². The summed E-state index contributed by atoms with van der Waals surface area (Å²) in [6.45, 7) is 5.63. The van der Waals surface area contributed by atoms with Crippen molar-refractivity contribution in [3.8, 4) is 0 Å². The average Bonchev–Trinajstić information content (AvgIpc) is 1.87. The Bertz CT molecular complexity index is 85.7. The first-order chi connectivity index (χ1) is 4.57. The molecule has 0 saturated heterocycles. The van der Waals surface area contributed by atoms with Crippen LogP contribution < -0.4 is 5.32 Å². The third kappa shape index (κ3) is 3.82. The van der Waals surface area contributed by atoms with Crippen molar-refractivity contribution in [2.75, 3.05) is 0 Å². The minimum absolute atomic E-state index is 0.140. The van der Waals surface area contributed by atoms with E-state index in [9.17, 15) is 0 Å². The predicted octanol–water partition coefficient (Wildman–Crippen LogP) is 0.279. The van der Waals surface area contributed by atoms with Crippen LogP contribution in [-0.4, -0.2) is 22.7 Å². The molecular weight excluding hydrogens is 130 g/mol. The van der Waals surface area contributed by atoms with E-state index in [1.807, 2.05) is 20.8 Å². The van der Waals surface area contributed by atoms with Gasteiger partial charge in [-0.25, -0.2) is 0 Å². The van der Waals surface area contributed by atoms with Gasteiger partial charge in [0, 0.05) is 0 Å². The number of rotatable bonds is 4. The van der Waals surface area contributed by atoms with Gasteiger partial charge in [0.05, 0.1) is 0 Å². The van der Waals surface area contributed by atoms with Gasteiger partial charge < -0.3 is 10.2 Å². The minimum atomic E-state index is -0.602. The molecule has 0 amide bonds. The van der Waals surface area contributed by atoms with Gasteiger partial charge in [0.2, 0.25) is 0 Å². The summed E-state index contributed by atoms with van der Waals surface area (Å²) in [5.41, 5.74) is 0. The standard InChI is InChI=1S/C7H17NO2/c1-4-6(9)8-7(10)5(2)3/h5-10H,4H2,1-3H3. The molecule has 0 aliphatic heterocycles. The second kappa shape index (κ2) is 4.66. The van der Waals surface area contributed by atoms with Gasteiger partial charge >= 0.3 is 0 Å². The van der Waals surface area contributed by atoms with Crippen molar-refractivity contribution in [2.24, 2.45) is 5.92 Å². The Kier molecular flexibility index (Phi) is 4.60. The smallest absolute Gasteiger partial charge is 0.109 e. The molecule has 62 valence electrons.